The van der Waals surface area contributed by atoms with E-state index in [-0.39, 0.29) is 5.91 Å². The molecule has 3 rings (SSSR count). The van der Waals surface area contributed by atoms with Gasteiger partial charge >= 0.3 is 0 Å². The topological polar surface area (TPSA) is 56.2 Å². The van der Waals surface area contributed by atoms with Crippen LogP contribution in [-0.2, 0) is 24.4 Å². The zero-order valence-electron chi connectivity index (χ0n) is 14.7. The summed E-state index contributed by atoms with van der Waals surface area (Å²) in [6.45, 7) is 1.79. The minimum atomic E-state index is 0.0447. The molecule has 2 aromatic carbocycles. The van der Waals surface area contributed by atoms with Gasteiger partial charge in [0.05, 0.1) is 0 Å². The second-order valence-corrected chi connectivity index (χ2v) is 6.04. The van der Waals surface area contributed by atoms with E-state index < -0.39 is 0 Å². The standard InChI is InChI=1S/C21H23N3O2/c25-21(12-16-24-15-4-13-23-24)22-14-11-18-7-9-20(10-8-18)26-17-19-5-2-1-3-6-19/h1-10,13,15H,11-12,14,16-17H2,(H,22,25). The van der Waals surface area contributed by atoms with Gasteiger partial charge in [0, 0.05) is 31.9 Å². The van der Waals surface area contributed by atoms with Crippen molar-refractivity contribution < 1.29 is 9.53 Å². The maximum Gasteiger partial charge on any atom is 0.221 e. The maximum atomic E-state index is 11.8. The SMILES string of the molecule is O=C(CCn1cccn1)NCCc1ccc(OCc2ccccc2)cc1. The number of nitrogens with one attached hydrogen (secondary N) is 1. The average molecular weight is 349 g/mol. The first-order chi connectivity index (χ1) is 12.8. The lowest BCUT2D eigenvalue weighted by Gasteiger charge is -2.08. The maximum absolute atomic E-state index is 11.8. The van der Waals surface area contributed by atoms with Crippen LogP contribution in [0.1, 0.15) is 17.5 Å². The van der Waals surface area contributed by atoms with Crippen molar-refractivity contribution in [2.75, 3.05) is 6.54 Å². The number of rotatable bonds is 9. The highest BCUT2D eigenvalue weighted by atomic mass is 16.5. The van der Waals surface area contributed by atoms with E-state index in [1.807, 2.05) is 66.9 Å². The summed E-state index contributed by atoms with van der Waals surface area (Å²) >= 11 is 0. The lowest BCUT2D eigenvalue weighted by molar-refractivity contribution is -0.121. The number of carbonyl (C=O) groups excluding carboxylic acids is 1. The lowest BCUT2D eigenvalue weighted by Crippen LogP contribution is -2.26. The van der Waals surface area contributed by atoms with E-state index in [1.54, 1.807) is 10.9 Å². The van der Waals surface area contributed by atoms with Crippen molar-refractivity contribution in [3.8, 4) is 5.75 Å². The second-order valence-electron chi connectivity index (χ2n) is 6.04. The zero-order chi connectivity index (χ0) is 18.0. The van der Waals surface area contributed by atoms with Gasteiger partial charge in [-0.15, -0.1) is 0 Å². The zero-order valence-corrected chi connectivity index (χ0v) is 14.7. The third kappa shape index (κ3) is 5.77. The number of aryl methyl sites for hydroxylation is 1. The minimum Gasteiger partial charge on any atom is -0.489 e. The fraction of sp³-hybridized carbons (Fsp3) is 0.238. The van der Waals surface area contributed by atoms with Crippen LogP contribution in [0, 0.1) is 0 Å². The number of amides is 1. The second kappa shape index (κ2) is 9.42. The Bertz CT molecular complexity index is 784. The molecule has 0 aliphatic rings. The van der Waals surface area contributed by atoms with Crippen molar-refractivity contribution in [1.82, 2.24) is 15.1 Å². The summed E-state index contributed by atoms with van der Waals surface area (Å²) in [5, 5.41) is 7.03. The van der Waals surface area contributed by atoms with Crippen LogP contribution in [0.3, 0.4) is 0 Å². The number of benzene rings is 2. The van der Waals surface area contributed by atoms with E-state index in [1.165, 1.54) is 5.56 Å². The Morgan fingerprint density at radius 1 is 1.00 bits per heavy atom. The van der Waals surface area contributed by atoms with Crippen LogP contribution in [0.5, 0.6) is 5.75 Å². The van der Waals surface area contributed by atoms with Crippen molar-refractivity contribution in [2.24, 2.45) is 0 Å². The molecule has 26 heavy (non-hydrogen) atoms. The summed E-state index contributed by atoms with van der Waals surface area (Å²) in [4.78, 5) is 11.8. The summed E-state index contributed by atoms with van der Waals surface area (Å²) in [6, 6.07) is 20.0. The molecule has 1 N–H and O–H groups in total. The monoisotopic (exact) mass is 349 g/mol. The Kier molecular flexibility index (Phi) is 6.42. The molecule has 0 aliphatic heterocycles. The molecule has 0 saturated carbocycles. The molecule has 5 heteroatoms. The van der Waals surface area contributed by atoms with Crippen molar-refractivity contribution in [2.45, 2.75) is 26.0 Å². The first kappa shape index (κ1) is 17.7. The molecule has 1 amide bonds. The smallest absolute Gasteiger partial charge is 0.221 e. The first-order valence-electron chi connectivity index (χ1n) is 8.79. The normalized spacial score (nSPS) is 10.5. The molecule has 0 aliphatic carbocycles. The van der Waals surface area contributed by atoms with E-state index >= 15 is 0 Å². The number of ether oxygens (including phenoxy) is 1. The molecule has 0 radical (unpaired) electrons. The lowest BCUT2D eigenvalue weighted by atomic mass is 10.1. The van der Waals surface area contributed by atoms with Crippen LogP contribution < -0.4 is 10.1 Å². The predicted molar refractivity (Wildman–Crippen MR) is 101 cm³/mol. The van der Waals surface area contributed by atoms with Gasteiger partial charge < -0.3 is 10.1 Å². The number of aromatic nitrogens is 2. The Labute approximate surface area is 153 Å². The van der Waals surface area contributed by atoms with Gasteiger partial charge in [0.1, 0.15) is 12.4 Å². The molecule has 0 fully saturated rings. The van der Waals surface area contributed by atoms with Crippen molar-refractivity contribution in [3.05, 3.63) is 84.2 Å². The Morgan fingerprint density at radius 3 is 2.54 bits per heavy atom. The molecule has 0 bridgehead atoms. The molecule has 0 atom stereocenters. The molecule has 5 nitrogen and oxygen atoms in total. The molecule has 1 heterocycles. The molecule has 0 spiro atoms. The van der Waals surface area contributed by atoms with E-state index in [2.05, 4.69) is 10.4 Å². The number of hydrogen-bond acceptors (Lipinski definition) is 3. The van der Waals surface area contributed by atoms with Gasteiger partial charge in [-0.05, 0) is 35.7 Å². The van der Waals surface area contributed by atoms with Crippen molar-refractivity contribution >= 4 is 5.91 Å². The van der Waals surface area contributed by atoms with E-state index in [9.17, 15) is 4.79 Å². The predicted octanol–water partition coefficient (Wildman–Crippen LogP) is 3.21. The van der Waals surface area contributed by atoms with Gasteiger partial charge in [0.25, 0.3) is 0 Å². The van der Waals surface area contributed by atoms with Gasteiger partial charge in [-0.2, -0.15) is 5.10 Å². The largest absolute Gasteiger partial charge is 0.489 e. The number of carbonyl (C=O) groups is 1. The van der Waals surface area contributed by atoms with Crippen LogP contribution in [0.25, 0.3) is 0 Å². The van der Waals surface area contributed by atoms with Gasteiger partial charge in [-0.25, -0.2) is 0 Å². The summed E-state index contributed by atoms with van der Waals surface area (Å²) in [5.41, 5.74) is 2.32. The highest BCUT2D eigenvalue weighted by molar-refractivity contribution is 5.75. The van der Waals surface area contributed by atoms with Gasteiger partial charge in [0.15, 0.2) is 0 Å². The van der Waals surface area contributed by atoms with Crippen LogP contribution in [0.4, 0.5) is 0 Å². The Morgan fingerprint density at radius 2 is 1.81 bits per heavy atom. The molecular weight excluding hydrogens is 326 g/mol. The highest BCUT2D eigenvalue weighted by Crippen LogP contribution is 2.14. The van der Waals surface area contributed by atoms with Crippen LogP contribution >= 0.6 is 0 Å². The highest BCUT2D eigenvalue weighted by Gasteiger charge is 2.02. The van der Waals surface area contributed by atoms with Crippen molar-refractivity contribution in [1.29, 1.82) is 0 Å². The first-order valence-corrected chi connectivity index (χ1v) is 8.79. The number of hydrogen-bond donors (Lipinski definition) is 1. The van der Waals surface area contributed by atoms with Gasteiger partial charge in [-0.3, -0.25) is 9.48 Å². The molecule has 1 aromatic heterocycles. The third-order valence-corrected chi connectivity index (χ3v) is 4.03. The van der Waals surface area contributed by atoms with Gasteiger partial charge in [-0.1, -0.05) is 42.5 Å². The summed E-state index contributed by atoms with van der Waals surface area (Å²) in [5.74, 6) is 0.893. The van der Waals surface area contributed by atoms with Crippen LogP contribution in [0.2, 0.25) is 0 Å². The van der Waals surface area contributed by atoms with Gasteiger partial charge in [0.2, 0.25) is 5.91 Å². The van der Waals surface area contributed by atoms with Crippen molar-refractivity contribution in [3.63, 3.8) is 0 Å². The van der Waals surface area contributed by atoms with Crippen LogP contribution in [0.15, 0.2) is 73.1 Å². The average Bonchev–Trinajstić information content (AvgIpc) is 3.20. The Balaban J connectivity index is 1.35. The summed E-state index contributed by atoms with van der Waals surface area (Å²) < 4.78 is 7.54. The van der Waals surface area contributed by atoms with E-state index in [0.29, 0.717) is 26.1 Å². The Hall–Kier alpha value is -3.08. The number of nitrogens with zero attached hydrogens (tertiary/aromatic N) is 2. The molecular formula is C21H23N3O2. The van der Waals surface area contributed by atoms with E-state index in [4.69, 9.17) is 4.74 Å². The molecule has 0 saturated heterocycles. The molecule has 134 valence electrons. The van der Waals surface area contributed by atoms with E-state index in [0.717, 1.165) is 17.7 Å². The third-order valence-electron chi connectivity index (χ3n) is 4.03. The summed E-state index contributed by atoms with van der Waals surface area (Å²) in [7, 11) is 0. The molecule has 3 aromatic rings. The fourth-order valence-electron chi connectivity index (χ4n) is 2.58. The molecule has 0 unspecified atom stereocenters. The minimum absolute atomic E-state index is 0.0447. The summed E-state index contributed by atoms with van der Waals surface area (Å²) in [6.07, 6.45) is 4.81. The quantitative estimate of drug-likeness (QED) is 0.645. The van der Waals surface area contributed by atoms with Crippen LogP contribution in [-0.4, -0.2) is 22.2 Å². The fourth-order valence-corrected chi connectivity index (χ4v) is 2.58.